The Balaban J connectivity index is 2.65. The summed E-state index contributed by atoms with van der Waals surface area (Å²) in [4.78, 5) is 21.7. The third-order valence-corrected chi connectivity index (χ3v) is 2.54. The fraction of sp³-hybridized carbons (Fsp3) is 0.600. The minimum Gasteiger partial charge on any atom is -0.479 e. The van der Waals surface area contributed by atoms with Crippen LogP contribution in [0.3, 0.4) is 0 Å². The quantitative estimate of drug-likeness (QED) is 0.595. The van der Waals surface area contributed by atoms with E-state index >= 15 is 0 Å². The second-order valence-electron chi connectivity index (χ2n) is 2.04. The third-order valence-electron chi connectivity index (χ3n) is 1.35. The minimum absolute atomic E-state index is 0.303. The first kappa shape index (κ1) is 8.19. The zero-order valence-corrected chi connectivity index (χ0v) is 6.37. The number of hydrogen-bond donors (Lipinski definition) is 2. The van der Waals surface area contributed by atoms with Gasteiger partial charge in [-0.05, 0) is 0 Å². The molecule has 1 amide bonds. The largest absolute Gasteiger partial charge is 0.479 e. The Labute approximate surface area is 67.0 Å². The van der Waals surface area contributed by atoms with Crippen LogP contribution in [0, 0.1) is 0 Å². The molecule has 1 saturated heterocycles. The average Bonchev–Trinajstić information content (AvgIpc) is 2.32. The predicted molar refractivity (Wildman–Crippen MR) is 38.6 cm³/mol. The summed E-state index contributed by atoms with van der Waals surface area (Å²) in [6.07, 6.45) is -1.16. The van der Waals surface area contributed by atoms with Crippen molar-refractivity contribution in [3.8, 4) is 0 Å². The molecule has 1 unspecified atom stereocenters. The van der Waals surface area contributed by atoms with Gasteiger partial charge in [0.25, 0.3) is 0 Å². The number of rotatable bonds is 1. The Morgan fingerprint density at radius 3 is 2.45 bits per heavy atom. The monoisotopic (exact) mass is 177 g/mol. The number of aliphatic carboxylic acids is 1. The molecule has 0 saturated carbocycles. The summed E-state index contributed by atoms with van der Waals surface area (Å²) in [5.74, 6) is -0.529. The van der Waals surface area contributed by atoms with Crippen molar-refractivity contribution in [2.75, 3.05) is 12.3 Å². The lowest BCUT2D eigenvalue weighted by molar-refractivity contribution is -0.138. The van der Waals surface area contributed by atoms with E-state index in [-0.39, 0.29) is 0 Å². The van der Waals surface area contributed by atoms with Crippen LogP contribution in [0.4, 0.5) is 4.79 Å². The highest BCUT2D eigenvalue weighted by Gasteiger charge is 2.34. The zero-order valence-electron chi connectivity index (χ0n) is 5.56. The summed E-state index contributed by atoms with van der Waals surface area (Å²) in [5.41, 5.74) is 0. The van der Waals surface area contributed by atoms with E-state index in [1.165, 1.54) is 0 Å². The summed E-state index contributed by atoms with van der Waals surface area (Å²) in [6.45, 7) is 0.303. The Hall–Kier alpha value is -0.910. The minimum atomic E-state index is -1.16. The Morgan fingerprint density at radius 2 is 2.09 bits per heavy atom. The van der Waals surface area contributed by atoms with Crippen molar-refractivity contribution in [3.05, 3.63) is 0 Å². The summed E-state index contributed by atoms with van der Waals surface area (Å²) < 4.78 is 0. The van der Waals surface area contributed by atoms with E-state index in [2.05, 4.69) is 0 Å². The van der Waals surface area contributed by atoms with Crippen LogP contribution in [0.5, 0.6) is 0 Å². The van der Waals surface area contributed by atoms with E-state index in [1.807, 2.05) is 0 Å². The standard InChI is InChI=1S/C5H7NO4S/c7-4(8)3-6(5(9)10)1-2-11-3/h3H,1-2H2,(H,7,8)(H,9,10). The smallest absolute Gasteiger partial charge is 0.408 e. The number of amides is 1. The maximum Gasteiger partial charge on any atom is 0.408 e. The second kappa shape index (κ2) is 3.00. The maximum atomic E-state index is 10.4. The van der Waals surface area contributed by atoms with Crippen molar-refractivity contribution in [3.63, 3.8) is 0 Å². The number of carboxylic acids is 1. The zero-order chi connectivity index (χ0) is 8.43. The van der Waals surface area contributed by atoms with Crippen LogP contribution in [-0.4, -0.2) is 44.8 Å². The Kier molecular flexibility index (Phi) is 2.23. The molecule has 5 nitrogen and oxygen atoms in total. The molecule has 0 radical (unpaired) electrons. The van der Waals surface area contributed by atoms with Crippen molar-refractivity contribution < 1.29 is 19.8 Å². The molecule has 6 heteroatoms. The molecule has 1 fully saturated rings. The lowest BCUT2D eigenvalue weighted by Gasteiger charge is -2.15. The van der Waals surface area contributed by atoms with Gasteiger partial charge in [-0.1, -0.05) is 0 Å². The van der Waals surface area contributed by atoms with Crippen LogP contribution in [0.15, 0.2) is 0 Å². The summed E-state index contributed by atoms with van der Waals surface area (Å²) >= 11 is 1.13. The van der Waals surface area contributed by atoms with Crippen molar-refractivity contribution in [2.45, 2.75) is 5.37 Å². The Bertz CT molecular complexity index is 175. The SMILES string of the molecule is O=C(O)C1SCCN1C(=O)O. The highest BCUT2D eigenvalue weighted by atomic mass is 32.2. The van der Waals surface area contributed by atoms with Crippen molar-refractivity contribution in [1.29, 1.82) is 0 Å². The first-order chi connectivity index (χ1) is 5.13. The highest BCUT2D eigenvalue weighted by molar-refractivity contribution is 8.00. The van der Waals surface area contributed by atoms with Gasteiger partial charge in [0.1, 0.15) is 0 Å². The normalized spacial score (nSPS) is 23.6. The molecule has 0 aromatic rings. The molecule has 0 bridgehead atoms. The average molecular weight is 177 g/mol. The molecule has 1 aliphatic rings. The fourth-order valence-corrected chi connectivity index (χ4v) is 1.91. The molecule has 0 spiro atoms. The van der Waals surface area contributed by atoms with Crippen LogP contribution in [-0.2, 0) is 4.79 Å². The van der Waals surface area contributed by atoms with E-state index in [9.17, 15) is 9.59 Å². The first-order valence-corrected chi connectivity index (χ1v) is 4.02. The van der Waals surface area contributed by atoms with Gasteiger partial charge in [0.05, 0.1) is 0 Å². The number of nitrogens with zero attached hydrogens (tertiary/aromatic N) is 1. The van der Waals surface area contributed by atoms with Crippen LogP contribution in [0.25, 0.3) is 0 Å². The Morgan fingerprint density at radius 1 is 1.45 bits per heavy atom. The molecule has 0 aromatic heterocycles. The fourth-order valence-electron chi connectivity index (χ4n) is 0.870. The van der Waals surface area contributed by atoms with E-state index in [4.69, 9.17) is 10.2 Å². The van der Waals surface area contributed by atoms with Crippen LogP contribution in [0.1, 0.15) is 0 Å². The van der Waals surface area contributed by atoms with Gasteiger partial charge in [0.2, 0.25) is 0 Å². The number of carboxylic acid groups (broad SMARTS) is 2. The van der Waals surface area contributed by atoms with E-state index < -0.39 is 17.4 Å². The van der Waals surface area contributed by atoms with Gasteiger partial charge in [0, 0.05) is 12.3 Å². The van der Waals surface area contributed by atoms with Crippen molar-refractivity contribution >= 4 is 23.8 Å². The molecule has 11 heavy (non-hydrogen) atoms. The van der Waals surface area contributed by atoms with Crippen LogP contribution >= 0.6 is 11.8 Å². The van der Waals surface area contributed by atoms with Gasteiger partial charge in [-0.15, -0.1) is 11.8 Å². The lowest BCUT2D eigenvalue weighted by atomic mass is 10.5. The lowest BCUT2D eigenvalue weighted by Crippen LogP contribution is -2.38. The maximum absolute atomic E-state index is 10.4. The van der Waals surface area contributed by atoms with Crippen LogP contribution in [0.2, 0.25) is 0 Å². The molecule has 1 aliphatic heterocycles. The highest BCUT2D eigenvalue weighted by Crippen LogP contribution is 2.23. The number of hydrogen-bond acceptors (Lipinski definition) is 3. The molecule has 1 heterocycles. The molecule has 0 aromatic carbocycles. The van der Waals surface area contributed by atoms with Gasteiger partial charge >= 0.3 is 12.1 Å². The molecule has 62 valence electrons. The topological polar surface area (TPSA) is 77.8 Å². The molecule has 1 atom stereocenters. The molecular weight excluding hydrogens is 170 g/mol. The molecule has 1 rings (SSSR count). The van der Waals surface area contributed by atoms with Gasteiger partial charge in [-0.2, -0.15) is 0 Å². The summed E-state index contributed by atoms with van der Waals surface area (Å²) in [7, 11) is 0. The molecule has 0 aliphatic carbocycles. The van der Waals surface area contributed by atoms with E-state index in [1.54, 1.807) is 0 Å². The number of thioether (sulfide) groups is 1. The van der Waals surface area contributed by atoms with Gasteiger partial charge in [-0.25, -0.2) is 9.59 Å². The van der Waals surface area contributed by atoms with Crippen molar-refractivity contribution in [1.82, 2.24) is 4.90 Å². The van der Waals surface area contributed by atoms with E-state index in [0.717, 1.165) is 16.7 Å². The first-order valence-electron chi connectivity index (χ1n) is 2.97. The van der Waals surface area contributed by atoms with Gasteiger partial charge < -0.3 is 10.2 Å². The van der Waals surface area contributed by atoms with Crippen molar-refractivity contribution in [2.24, 2.45) is 0 Å². The summed E-state index contributed by atoms with van der Waals surface area (Å²) in [6, 6.07) is 0. The third kappa shape index (κ3) is 1.56. The molecular formula is C5H7NO4S. The molecule has 2 N–H and O–H groups in total. The predicted octanol–water partition coefficient (Wildman–Crippen LogP) is 0.124. The number of carbonyl (C=O) groups is 2. The second-order valence-corrected chi connectivity index (χ2v) is 3.23. The van der Waals surface area contributed by atoms with Gasteiger partial charge in [0.15, 0.2) is 5.37 Å². The summed E-state index contributed by atoms with van der Waals surface area (Å²) in [5, 5.41) is 16.1. The van der Waals surface area contributed by atoms with E-state index in [0.29, 0.717) is 12.3 Å². The van der Waals surface area contributed by atoms with Crippen LogP contribution < -0.4 is 0 Å². The van der Waals surface area contributed by atoms with Gasteiger partial charge in [-0.3, -0.25) is 4.90 Å².